The maximum absolute atomic E-state index is 12.6. The fraction of sp³-hybridized carbons (Fsp3) is 0.500. The Kier molecular flexibility index (Phi) is 7.00. The van der Waals surface area contributed by atoms with Crippen molar-refractivity contribution >= 4 is 17.7 Å². The number of nitrogens with one attached hydrogen (secondary N) is 1. The van der Waals surface area contributed by atoms with E-state index in [4.69, 9.17) is 9.47 Å². The molecule has 1 atom stereocenters. The highest BCUT2D eigenvalue weighted by Gasteiger charge is 2.21. The van der Waals surface area contributed by atoms with Gasteiger partial charge in [-0.1, -0.05) is 31.7 Å². The van der Waals surface area contributed by atoms with Gasteiger partial charge < -0.3 is 14.8 Å². The number of hydrogen-bond donors (Lipinski definition) is 1. The molecule has 0 unspecified atom stereocenters. The van der Waals surface area contributed by atoms with Crippen LogP contribution in [-0.4, -0.2) is 34.8 Å². The summed E-state index contributed by atoms with van der Waals surface area (Å²) in [7, 11) is 0. The van der Waals surface area contributed by atoms with Gasteiger partial charge >= 0.3 is 0 Å². The Bertz CT molecular complexity index is 863. The van der Waals surface area contributed by atoms with Gasteiger partial charge in [0.25, 0.3) is 0 Å². The smallest absolute Gasteiger partial charge is 0.230 e. The second-order valence-electron chi connectivity index (χ2n) is 7.64. The van der Waals surface area contributed by atoms with Crippen LogP contribution in [-0.2, 0) is 4.79 Å². The summed E-state index contributed by atoms with van der Waals surface area (Å²) in [5.74, 6) is 1.97. The quantitative estimate of drug-likeness (QED) is 0.564. The molecule has 0 aliphatic carbocycles. The highest BCUT2D eigenvalue weighted by Crippen LogP contribution is 2.34. The molecule has 0 saturated carbocycles. The van der Waals surface area contributed by atoms with Crippen LogP contribution in [0, 0.1) is 26.7 Å². The van der Waals surface area contributed by atoms with Crippen molar-refractivity contribution in [2.45, 2.75) is 52.2 Å². The minimum atomic E-state index is -0.109. The molecule has 0 spiro atoms. The summed E-state index contributed by atoms with van der Waals surface area (Å²) in [6.07, 6.45) is 0.867. The van der Waals surface area contributed by atoms with Crippen LogP contribution in [0.3, 0.4) is 0 Å². The number of benzene rings is 1. The Morgan fingerprint density at radius 2 is 1.76 bits per heavy atom. The van der Waals surface area contributed by atoms with E-state index in [1.165, 1.54) is 11.8 Å². The summed E-state index contributed by atoms with van der Waals surface area (Å²) in [4.78, 5) is 21.6. The van der Waals surface area contributed by atoms with Gasteiger partial charge in [0.15, 0.2) is 16.7 Å². The molecule has 6 nitrogen and oxygen atoms in total. The van der Waals surface area contributed by atoms with Gasteiger partial charge in [-0.05, 0) is 49.9 Å². The Hall–Kier alpha value is -2.28. The first-order chi connectivity index (χ1) is 13.8. The minimum Gasteiger partial charge on any atom is -0.490 e. The molecule has 2 aromatic rings. The average molecular weight is 416 g/mol. The highest BCUT2D eigenvalue weighted by molar-refractivity contribution is 7.99. The predicted molar refractivity (Wildman–Crippen MR) is 115 cm³/mol. The van der Waals surface area contributed by atoms with Crippen LogP contribution in [0.5, 0.6) is 11.5 Å². The van der Waals surface area contributed by atoms with E-state index in [0.29, 0.717) is 18.4 Å². The molecular weight excluding hydrogens is 386 g/mol. The van der Waals surface area contributed by atoms with Crippen molar-refractivity contribution in [2.24, 2.45) is 5.92 Å². The maximum atomic E-state index is 12.6. The van der Waals surface area contributed by atoms with Gasteiger partial charge in [-0.3, -0.25) is 4.79 Å². The lowest BCUT2D eigenvalue weighted by Gasteiger charge is -2.24. The number of nitrogens with zero attached hydrogens (tertiary/aromatic N) is 2. The topological polar surface area (TPSA) is 73.3 Å². The monoisotopic (exact) mass is 415 g/mol. The zero-order valence-corrected chi connectivity index (χ0v) is 18.6. The molecule has 0 bridgehead atoms. The van der Waals surface area contributed by atoms with Crippen molar-refractivity contribution in [3.8, 4) is 11.5 Å². The van der Waals surface area contributed by atoms with Gasteiger partial charge in [0.05, 0.1) is 25.0 Å². The van der Waals surface area contributed by atoms with Crippen LogP contribution in [0.25, 0.3) is 0 Å². The van der Waals surface area contributed by atoms with Crippen molar-refractivity contribution in [1.82, 2.24) is 15.3 Å². The zero-order chi connectivity index (χ0) is 21.0. The predicted octanol–water partition coefficient (Wildman–Crippen LogP) is 4.17. The summed E-state index contributed by atoms with van der Waals surface area (Å²) in [6, 6.07) is 5.80. The number of ether oxygens (including phenoxy) is 2. The van der Waals surface area contributed by atoms with Crippen molar-refractivity contribution in [3.05, 3.63) is 40.7 Å². The van der Waals surface area contributed by atoms with E-state index in [1.807, 2.05) is 39.0 Å². The number of carbonyl (C=O) groups excluding carboxylic acids is 1. The summed E-state index contributed by atoms with van der Waals surface area (Å²) < 4.78 is 11.5. The van der Waals surface area contributed by atoms with E-state index >= 15 is 0 Å². The van der Waals surface area contributed by atoms with Gasteiger partial charge in [-0.2, -0.15) is 0 Å². The maximum Gasteiger partial charge on any atom is 0.230 e. The van der Waals surface area contributed by atoms with Crippen LogP contribution in [0.2, 0.25) is 0 Å². The standard InChI is InChI=1S/C22H29N3O3S/c1-13(2)21(17-7-8-18-19(11-17)28-10-6-9-27-18)25-20(26)12-29-22-23-15(4)14(3)16(5)24-22/h7-8,11,13,21H,6,9-10,12H2,1-5H3,(H,25,26)/t21-/m1/s1. The van der Waals surface area contributed by atoms with Gasteiger partial charge in [0.1, 0.15) is 0 Å². The first kappa shape index (κ1) is 21.4. The molecule has 0 saturated heterocycles. The molecule has 7 heteroatoms. The SMILES string of the molecule is Cc1nc(SCC(=O)N[C@@H](c2ccc3c(c2)OCCCO3)C(C)C)nc(C)c1C. The Morgan fingerprint density at radius 1 is 1.10 bits per heavy atom. The number of thioether (sulfide) groups is 1. The van der Waals surface area contributed by atoms with Crippen molar-refractivity contribution in [1.29, 1.82) is 0 Å². The minimum absolute atomic E-state index is 0.0414. The number of aryl methyl sites for hydroxylation is 2. The van der Waals surface area contributed by atoms with Gasteiger partial charge in [0.2, 0.25) is 5.91 Å². The lowest BCUT2D eigenvalue weighted by Crippen LogP contribution is -2.33. The van der Waals surface area contributed by atoms with Crippen LogP contribution in [0.4, 0.5) is 0 Å². The molecule has 0 fully saturated rings. The largest absolute Gasteiger partial charge is 0.490 e. The number of aromatic nitrogens is 2. The molecule has 156 valence electrons. The molecular formula is C22H29N3O3S. The Labute approximate surface area is 176 Å². The lowest BCUT2D eigenvalue weighted by molar-refractivity contribution is -0.119. The van der Waals surface area contributed by atoms with Gasteiger partial charge in [0, 0.05) is 17.8 Å². The van der Waals surface area contributed by atoms with Gasteiger partial charge in [-0.25, -0.2) is 9.97 Å². The number of rotatable bonds is 6. The van der Waals surface area contributed by atoms with Crippen LogP contribution < -0.4 is 14.8 Å². The van der Waals surface area contributed by atoms with E-state index in [9.17, 15) is 4.79 Å². The zero-order valence-electron chi connectivity index (χ0n) is 17.7. The third-order valence-corrected chi connectivity index (χ3v) is 5.91. The van der Waals surface area contributed by atoms with E-state index < -0.39 is 0 Å². The third kappa shape index (κ3) is 5.41. The molecule has 29 heavy (non-hydrogen) atoms. The van der Waals surface area contributed by atoms with E-state index in [-0.39, 0.29) is 23.6 Å². The van der Waals surface area contributed by atoms with Crippen LogP contribution >= 0.6 is 11.8 Å². The first-order valence-electron chi connectivity index (χ1n) is 9.98. The molecule has 1 aromatic carbocycles. The fourth-order valence-corrected chi connectivity index (χ4v) is 3.91. The second-order valence-corrected chi connectivity index (χ2v) is 8.58. The molecule has 3 rings (SSSR count). The number of hydrogen-bond acceptors (Lipinski definition) is 6. The first-order valence-corrected chi connectivity index (χ1v) is 11.0. The second kappa shape index (κ2) is 9.48. The lowest BCUT2D eigenvalue weighted by atomic mass is 9.95. The molecule has 0 radical (unpaired) electrons. The molecule has 1 amide bonds. The summed E-state index contributed by atoms with van der Waals surface area (Å²) >= 11 is 1.36. The van der Waals surface area contributed by atoms with Crippen molar-refractivity contribution in [2.75, 3.05) is 19.0 Å². The highest BCUT2D eigenvalue weighted by atomic mass is 32.2. The number of fused-ring (bicyclic) bond motifs is 1. The molecule has 1 aliphatic heterocycles. The number of carbonyl (C=O) groups is 1. The van der Waals surface area contributed by atoms with E-state index in [0.717, 1.165) is 40.4 Å². The normalized spacial score (nSPS) is 14.4. The molecule has 1 N–H and O–H groups in total. The third-order valence-electron chi connectivity index (χ3n) is 5.06. The Morgan fingerprint density at radius 3 is 2.41 bits per heavy atom. The molecule has 1 aliphatic rings. The summed E-state index contributed by atoms with van der Waals surface area (Å²) in [5.41, 5.74) is 4.01. The fourth-order valence-electron chi connectivity index (χ4n) is 3.16. The average Bonchev–Trinajstić information content (AvgIpc) is 2.93. The summed E-state index contributed by atoms with van der Waals surface area (Å²) in [6.45, 7) is 11.4. The molecule has 2 heterocycles. The Balaban J connectivity index is 1.67. The van der Waals surface area contributed by atoms with Crippen molar-refractivity contribution < 1.29 is 14.3 Å². The van der Waals surface area contributed by atoms with E-state index in [2.05, 4.69) is 29.1 Å². The summed E-state index contributed by atoms with van der Waals surface area (Å²) in [5, 5.41) is 3.79. The van der Waals surface area contributed by atoms with Crippen molar-refractivity contribution in [3.63, 3.8) is 0 Å². The van der Waals surface area contributed by atoms with Crippen LogP contribution in [0.15, 0.2) is 23.4 Å². The van der Waals surface area contributed by atoms with E-state index in [1.54, 1.807) is 0 Å². The molecule has 1 aromatic heterocycles. The van der Waals surface area contributed by atoms with Crippen LogP contribution in [0.1, 0.15) is 48.8 Å². The number of amides is 1. The van der Waals surface area contributed by atoms with Gasteiger partial charge in [-0.15, -0.1) is 0 Å².